The first-order chi connectivity index (χ1) is 10.1. The van der Waals surface area contributed by atoms with Crippen molar-refractivity contribution >= 4 is 21.9 Å². The number of rotatable bonds is 7. The second kappa shape index (κ2) is 6.93. The van der Waals surface area contributed by atoms with Crippen molar-refractivity contribution in [2.75, 3.05) is 13.1 Å². The lowest BCUT2D eigenvalue weighted by Gasteiger charge is -2.25. The predicted molar refractivity (Wildman–Crippen MR) is 77.9 cm³/mol. The number of aliphatic carboxylic acids is 1. The van der Waals surface area contributed by atoms with E-state index in [1.165, 1.54) is 26.8 Å². The summed E-state index contributed by atoms with van der Waals surface area (Å²) in [7, 11) is -4.05. The number of carboxylic acid groups (broad SMARTS) is 1. The lowest BCUT2D eigenvalue weighted by atomic mass is 10.3. The Morgan fingerprint density at radius 2 is 2.00 bits per heavy atom. The lowest BCUT2D eigenvalue weighted by molar-refractivity contribution is -0.140. The third-order valence-electron chi connectivity index (χ3n) is 3.08. The first-order valence-corrected chi connectivity index (χ1v) is 8.07. The van der Waals surface area contributed by atoms with E-state index in [4.69, 9.17) is 9.52 Å². The van der Waals surface area contributed by atoms with E-state index in [2.05, 4.69) is 5.32 Å². The second-order valence-corrected chi connectivity index (χ2v) is 6.75. The number of sulfonamides is 1. The number of amides is 1. The van der Waals surface area contributed by atoms with Crippen LogP contribution in [-0.4, -0.2) is 48.8 Å². The average Bonchev–Trinajstić information content (AvgIpc) is 2.73. The minimum Gasteiger partial charge on any atom is -0.480 e. The summed E-state index contributed by atoms with van der Waals surface area (Å²) in [6.45, 7) is 5.53. The smallest absolute Gasteiger partial charge is 0.321 e. The molecular formula is C13H20N2O6S. The van der Waals surface area contributed by atoms with Gasteiger partial charge in [-0.3, -0.25) is 9.59 Å². The Bertz CT molecular complexity index is 664. The summed E-state index contributed by atoms with van der Waals surface area (Å²) in [5.74, 6) is -0.986. The molecule has 1 unspecified atom stereocenters. The van der Waals surface area contributed by atoms with Crippen molar-refractivity contribution in [3.05, 3.63) is 17.6 Å². The van der Waals surface area contributed by atoms with Gasteiger partial charge in [0.2, 0.25) is 15.9 Å². The van der Waals surface area contributed by atoms with E-state index in [-0.39, 0.29) is 29.7 Å². The third-order valence-corrected chi connectivity index (χ3v) is 5.15. The molecule has 0 saturated carbocycles. The number of nitrogens with one attached hydrogen (secondary N) is 1. The van der Waals surface area contributed by atoms with E-state index < -0.39 is 22.0 Å². The van der Waals surface area contributed by atoms with Gasteiger partial charge in [0.05, 0.1) is 0 Å². The van der Waals surface area contributed by atoms with Gasteiger partial charge in [0, 0.05) is 20.0 Å². The largest absolute Gasteiger partial charge is 0.480 e. The Balaban J connectivity index is 3.15. The van der Waals surface area contributed by atoms with Crippen molar-refractivity contribution in [1.29, 1.82) is 0 Å². The lowest BCUT2D eigenvalue weighted by Crippen LogP contribution is -2.46. The first kappa shape index (κ1) is 18.2. The summed E-state index contributed by atoms with van der Waals surface area (Å²) in [6.07, 6.45) is 0. The molecule has 0 spiro atoms. The number of carbonyl (C=O) groups is 2. The van der Waals surface area contributed by atoms with Crippen LogP contribution < -0.4 is 5.32 Å². The molecule has 22 heavy (non-hydrogen) atoms. The molecular weight excluding hydrogens is 312 g/mol. The molecule has 1 rings (SSSR count). The van der Waals surface area contributed by atoms with Crippen LogP contribution in [-0.2, 0) is 19.6 Å². The number of nitrogens with zero attached hydrogens (tertiary/aromatic N) is 1. The maximum absolute atomic E-state index is 12.7. The Morgan fingerprint density at radius 3 is 2.41 bits per heavy atom. The van der Waals surface area contributed by atoms with Crippen LogP contribution in [0.2, 0.25) is 0 Å². The van der Waals surface area contributed by atoms with Crippen molar-refractivity contribution in [3.63, 3.8) is 0 Å². The maximum atomic E-state index is 12.7. The number of hydrogen-bond donors (Lipinski definition) is 2. The Labute approximate surface area is 129 Å². The molecule has 2 N–H and O–H groups in total. The van der Waals surface area contributed by atoms with E-state index in [1.54, 1.807) is 6.92 Å². The zero-order valence-electron chi connectivity index (χ0n) is 12.9. The van der Waals surface area contributed by atoms with Crippen molar-refractivity contribution in [3.8, 4) is 0 Å². The van der Waals surface area contributed by atoms with Crippen molar-refractivity contribution in [2.24, 2.45) is 0 Å². The molecule has 0 saturated heterocycles. The highest BCUT2D eigenvalue weighted by atomic mass is 32.2. The highest BCUT2D eigenvalue weighted by Gasteiger charge is 2.34. The third kappa shape index (κ3) is 4.08. The summed E-state index contributed by atoms with van der Waals surface area (Å²) < 4.78 is 31.4. The molecule has 0 bridgehead atoms. The summed E-state index contributed by atoms with van der Waals surface area (Å²) in [4.78, 5) is 22.0. The van der Waals surface area contributed by atoms with Gasteiger partial charge in [-0.15, -0.1) is 0 Å². The quantitative estimate of drug-likeness (QED) is 0.751. The van der Waals surface area contributed by atoms with Crippen LogP contribution >= 0.6 is 0 Å². The molecule has 9 heteroatoms. The average molecular weight is 332 g/mol. The molecule has 0 fully saturated rings. The number of carboxylic acids is 1. The van der Waals surface area contributed by atoms with Crippen molar-refractivity contribution in [1.82, 2.24) is 9.62 Å². The molecule has 0 aliphatic rings. The van der Waals surface area contributed by atoms with Gasteiger partial charge in [-0.1, -0.05) is 0 Å². The molecule has 0 aliphatic heterocycles. The molecule has 0 radical (unpaired) electrons. The molecule has 1 heterocycles. The summed E-state index contributed by atoms with van der Waals surface area (Å²) in [5.41, 5.74) is 0. The summed E-state index contributed by atoms with van der Waals surface area (Å²) >= 11 is 0. The van der Waals surface area contributed by atoms with Crippen LogP contribution in [0.15, 0.2) is 15.4 Å². The first-order valence-electron chi connectivity index (χ1n) is 6.63. The predicted octanol–water partition coefficient (Wildman–Crippen LogP) is 0.496. The molecule has 1 aromatic heterocycles. The Kier molecular flexibility index (Phi) is 5.72. The zero-order valence-corrected chi connectivity index (χ0v) is 13.7. The molecule has 0 aliphatic carbocycles. The van der Waals surface area contributed by atoms with E-state index in [9.17, 15) is 18.0 Å². The van der Waals surface area contributed by atoms with Gasteiger partial charge in [0.15, 0.2) is 0 Å². The van der Waals surface area contributed by atoms with Crippen LogP contribution in [0.1, 0.15) is 25.4 Å². The van der Waals surface area contributed by atoms with Crippen LogP contribution in [0.3, 0.4) is 0 Å². The van der Waals surface area contributed by atoms with Gasteiger partial charge in [-0.25, -0.2) is 8.42 Å². The number of aryl methyl sites for hydroxylation is 2. The van der Waals surface area contributed by atoms with Crippen molar-refractivity contribution < 1.29 is 27.5 Å². The monoisotopic (exact) mass is 332 g/mol. The minimum absolute atomic E-state index is 0.0159. The van der Waals surface area contributed by atoms with Crippen LogP contribution in [0.5, 0.6) is 0 Å². The van der Waals surface area contributed by atoms with Crippen LogP contribution in [0, 0.1) is 13.8 Å². The van der Waals surface area contributed by atoms with Gasteiger partial charge in [0.25, 0.3) is 0 Å². The van der Waals surface area contributed by atoms with Crippen LogP contribution in [0.4, 0.5) is 0 Å². The summed E-state index contributed by atoms with van der Waals surface area (Å²) in [6, 6.07) is 0.0818. The number of hydrogen-bond acceptors (Lipinski definition) is 5. The molecule has 1 atom stereocenters. The summed E-state index contributed by atoms with van der Waals surface area (Å²) in [5, 5.41) is 11.6. The molecule has 1 aromatic rings. The van der Waals surface area contributed by atoms with Crippen LogP contribution in [0.25, 0.3) is 0 Å². The fraction of sp³-hybridized carbons (Fsp3) is 0.538. The fourth-order valence-electron chi connectivity index (χ4n) is 1.98. The fourth-order valence-corrected chi connectivity index (χ4v) is 3.79. The molecule has 0 aromatic carbocycles. The van der Waals surface area contributed by atoms with E-state index in [0.717, 1.165) is 4.31 Å². The standard InChI is InChI=1S/C13H20N2O6S/c1-8-7-12(10(3)21-8)22(19,20)15(9(2)13(17)18)6-5-14-11(4)16/h7,9H,5-6H2,1-4H3,(H,14,16)(H,17,18). The van der Waals surface area contributed by atoms with Gasteiger partial charge < -0.3 is 14.8 Å². The topological polar surface area (TPSA) is 117 Å². The van der Waals surface area contributed by atoms with Gasteiger partial charge >= 0.3 is 5.97 Å². The normalized spacial score (nSPS) is 13.1. The second-order valence-electron chi connectivity index (χ2n) is 4.89. The maximum Gasteiger partial charge on any atom is 0.321 e. The molecule has 1 amide bonds. The minimum atomic E-state index is -4.05. The van der Waals surface area contributed by atoms with Crippen molar-refractivity contribution in [2.45, 2.75) is 38.6 Å². The highest BCUT2D eigenvalue weighted by molar-refractivity contribution is 7.89. The van der Waals surface area contributed by atoms with E-state index in [0.29, 0.717) is 5.76 Å². The molecule has 8 nitrogen and oxygen atoms in total. The Morgan fingerprint density at radius 1 is 1.41 bits per heavy atom. The highest BCUT2D eigenvalue weighted by Crippen LogP contribution is 2.24. The Hall–Kier alpha value is -1.87. The van der Waals surface area contributed by atoms with Gasteiger partial charge in [-0.05, 0) is 26.8 Å². The van der Waals surface area contributed by atoms with E-state index in [1.807, 2.05) is 0 Å². The molecule has 124 valence electrons. The van der Waals surface area contributed by atoms with E-state index >= 15 is 0 Å². The number of carbonyl (C=O) groups excluding carboxylic acids is 1. The number of furan rings is 1. The van der Waals surface area contributed by atoms with Gasteiger partial charge in [0.1, 0.15) is 22.5 Å². The SMILES string of the molecule is CC(=O)NCCN(C(C)C(=O)O)S(=O)(=O)c1cc(C)oc1C. The van der Waals surface area contributed by atoms with Gasteiger partial charge in [-0.2, -0.15) is 4.31 Å². The zero-order chi connectivity index (χ0) is 17.1.